The maximum absolute atomic E-state index is 12.5. The number of ether oxygens (including phenoxy) is 2. The summed E-state index contributed by atoms with van der Waals surface area (Å²) in [5, 5.41) is 0. The van der Waals surface area contributed by atoms with Crippen LogP contribution in [0.3, 0.4) is 0 Å². The van der Waals surface area contributed by atoms with Crippen molar-refractivity contribution in [2.45, 2.75) is 24.7 Å². The van der Waals surface area contributed by atoms with E-state index in [4.69, 9.17) is 9.47 Å². The monoisotopic (exact) mass is 365 g/mol. The van der Waals surface area contributed by atoms with Gasteiger partial charge >= 0.3 is 0 Å². The van der Waals surface area contributed by atoms with Gasteiger partial charge in [-0.05, 0) is 28.4 Å². The second-order valence-corrected chi connectivity index (χ2v) is 7.19. The molecule has 0 saturated carbocycles. The highest BCUT2D eigenvalue weighted by Crippen LogP contribution is 2.36. The summed E-state index contributed by atoms with van der Waals surface area (Å²) < 4.78 is 37.2. The number of sulfonamides is 1. The molecule has 0 amide bonds. The Morgan fingerprint density at radius 3 is 2.25 bits per heavy atom. The highest BCUT2D eigenvalue weighted by molar-refractivity contribution is 9.10. The maximum atomic E-state index is 12.5. The van der Waals surface area contributed by atoms with E-state index in [1.165, 1.54) is 24.6 Å². The van der Waals surface area contributed by atoms with Gasteiger partial charge in [0, 0.05) is 24.1 Å². The van der Waals surface area contributed by atoms with Crippen LogP contribution < -0.4 is 9.47 Å². The fourth-order valence-electron chi connectivity index (χ4n) is 1.70. The molecule has 0 spiro atoms. The van der Waals surface area contributed by atoms with E-state index in [1.807, 2.05) is 6.92 Å². The lowest BCUT2D eigenvalue weighted by molar-refractivity contribution is 0.353. The molecule has 0 aliphatic carbocycles. The van der Waals surface area contributed by atoms with Crippen molar-refractivity contribution in [2.75, 3.05) is 27.8 Å². The molecule has 0 bridgehead atoms. The van der Waals surface area contributed by atoms with Crippen molar-refractivity contribution in [2.24, 2.45) is 0 Å². The van der Waals surface area contributed by atoms with Crippen LogP contribution in [0.2, 0.25) is 0 Å². The molecule has 1 rings (SSSR count). The van der Waals surface area contributed by atoms with Crippen molar-refractivity contribution in [3.8, 4) is 11.5 Å². The van der Waals surface area contributed by atoms with Crippen molar-refractivity contribution in [1.29, 1.82) is 0 Å². The molecule has 0 unspecified atom stereocenters. The molecule has 0 aromatic heterocycles. The van der Waals surface area contributed by atoms with Gasteiger partial charge < -0.3 is 9.47 Å². The van der Waals surface area contributed by atoms with Crippen LogP contribution in [0.4, 0.5) is 0 Å². The predicted octanol–water partition coefficient (Wildman–Crippen LogP) is 2.89. The fraction of sp³-hybridized carbons (Fsp3) is 0.538. The quantitative estimate of drug-likeness (QED) is 0.745. The van der Waals surface area contributed by atoms with Gasteiger partial charge in [0.05, 0.1) is 14.2 Å². The lowest BCUT2D eigenvalue weighted by Gasteiger charge is -2.19. The standard InChI is InChI=1S/C13H20BrNO4S/c1-5-6-7-15(2)20(16,17)13-9-12(19-4)11(18-3)8-10(13)14/h8-9H,5-7H2,1-4H3. The Morgan fingerprint density at radius 2 is 1.75 bits per heavy atom. The maximum Gasteiger partial charge on any atom is 0.244 e. The van der Waals surface area contributed by atoms with Crippen LogP contribution in [0.15, 0.2) is 21.5 Å². The van der Waals surface area contributed by atoms with Crippen LogP contribution in [0, 0.1) is 0 Å². The number of benzene rings is 1. The Kier molecular flexibility index (Phi) is 6.29. The minimum atomic E-state index is -3.55. The van der Waals surface area contributed by atoms with Gasteiger partial charge in [-0.2, -0.15) is 0 Å². The van der Waals surface area contributed by atoms with E-state index in [9.17, 15) is 8.42 Å². The molecule has 0 N–H and O–H groups in total. The van der Waals surface area contributed by atoms with Crippen LogP contribution >= 0.6 is 15.9 Å². The number of hydrogen-bond donors (Lipinski definition) is 0. The van der Waals surface area contributed by atoms with Crippen molar-refractivity contribution >= 4 is 26.0 Å². The van der Waals surface area contributed by atoms with E-state index in [-0.39, 0.29) is 4.90 Å². The summed E-state index contributed by atoms with van der Waals surface area (Å²) in [7, 11) is 1.01. The Hall–Kier alpha value is -0.790. The molecule has 20 heavy (non-hydrogen) atoms. The van der Waals surface area contributed by atoms with Crippen LogP contribution in [-0.4, -0.2) is 40.5 Å². The number of halogens is 1. The number of rotatable bonds is 7. The predicted molar refractivity (Wildman–Crippen MR) is 82.0 cm³/mol. The molecule has 7 heteroatoms. The molecule has 0 radical (unpaired) electrons. The smallest absolute Gasteiger partial charge is 0.244 e. The first-order valence-electron chi connectivity index (χ1n) is 6.26. The molecule has 0 saturated heterocycles. The van der Waals surface area contributed by atoms with E-state index in [0.717, 1.165) is 12.8 Å². The molecule has 114 valence electrons. The van der Waals surface area contributed by atoms with E-state index < -0.39 is 10.0 Å². The first kappa shape index (κ1) is 17.3. The second-order valence-electron chi connectivity index (χ2n) is 4.32. The van der Waals surface area contributed by atoms with Gasteiger partial charge in [0.2, 0.25) is 10.0 Å². The third-order valence-electron chi connectivity index (χ3n) is 2.95. The van der Waals surface area contributed by atoms with E-state index >= 15 is 0 Å². The molecular weight excluding hydrogens is 346 g/mol. The minimum absolute atomic E-state index is 0.175. The van der Waals surface area contributed by atoms with Gasteiger partial charge in [0.25, 0.3) is 0 Å². The third-order valence-corrected chi connectivity index (χ3v) is 5.77. The zero-order valence-corrected chi connectivity index (χ0v) is 14.5. The third kappa shape index (κ3) is 3.65. The summed E-state index contributed by atoms with van der Waals surface area (Å²) in [5.41, 5.74) is 0. The van der Waals surface area contributed by atoms with Gasteiger partial charge in [-0.1, -0.05) is 13.3 Å². The molecule has 0 heterocycles. The SMILES string of the molecule is CCCCN(C)S(=O)(=O)c1cc(OC)c(OC)cc1Br. The molecule has 0 atom stereocenters. The molecule has 0 aliphatic heterocycles. The fourth-order valence-corrected chi connectivity index (χ4v) is 3.90. The Balaban J connectivity index is 3.24. The van der Waals surface area contributed by atoms with Crippen molar-refractivity contribution in [3.05, 3.63) is 16.6 Å². The van der Waals surface area contributed by atoms with Crippen molar-refractivity contribution in [3.63, 3.8) is 0 Å². The average Bonchev–Trinajstić information content (AvgIpc) is 2.43. The Bertz CT molecular complexity index is 560. The average molecular weight is 366 g/mol. The van der Waals surface area contributed by atoms with Gasteiger partial charge in [0.15, 0.2) is 11.5 Å². The Labute approximate surface area is 129 Å². The number of nitrogens with zero attached hydrogens (tertiary/aromatic N) is 1. The van der Waals surface area contributed by atoms with Crippen LogP contribution in [0.1, 0.15) is 19.8 Å². The first-order chi connectivity index (χ1) is 9.38. The highest BCUT2D eigenvalue weighted by atomic mass is 79.9. The first-order valence-corrected chi connectivity index (χ1v) is 8.49. The van der Waals surface area contributed by atoms with Gasteiger partial charge in [0.1, 0.15) is 4.90 Å². The number of unbranched alkanes of at least 4 members (excludes halogenated alkanes) is 1. The Morgan fingerprint density at radius 1 is 1.20 bits per heavy atom. The molecule has 1 aromatic carbocycles. The minimum Gasteiger partial charge on any atom is -0.493 e. The van der Waals surface area contributed by atoms with Crippen molar-refractivity contribution in [1.82, 2.24) is 4.31 Å². The van der Waals surface area contributed by atoms with E-state index in [0.29, 0.717) is 22.5 Å². The largest absolute Gasteiger partial charge is 0.493 e. The van der Waals surface area contributed by atoms with Gasteiger partial charge in [-0.25, -0.2) is 12.7 Å². The van der Waals surface area contributed by atoms with Crippen molar-refractivity contribution < 1.29 is 17.9 Å². The van der Waals surface area contributed by atoms with E-state index in [1.54, 1.807) is 13.1 Å². The summed E-state index contributed by atoms with van der Waals surface area (Å²) >= 11 is 3.28. The summed E-state index contributed by atoms with van der Waals surface area (Å²) in [6.45, 7) is 2.51. The topological polar surface area (TPSA) is 55.8 Å². The van der Waals surface area contributed by atoms with Gasteiger partial charge in [-0.15, -0.1) is 0 Å². The molecular formula is C13H20BrNO4S. The number of hydrogen-bond acceptors (Lipinski definition) is 4. The zero-order chi connectivity index (χ0) is 15.3. The molecule has 0 aliphatic rings. The summed E-state index contributed by atoms with van der Waals surface area (Å²) in [6.07, 6.45) is 1.76. The molecule has 5 nitrogen and oxygen atoms in total. The zero-order valence-electron chi connectivity index (χ0n) is 12.1. The van der Waals surface area contributed by atoms with Gasteiger partial charge in [-0.3, -0.25) is 0 Å². The lowest BCUT2D eigenvalue weighted by Crippen LogP contribution is -2.28. The lowest BCUT2D eigenvalue weighted by atomic mass is 10.3. The summed E-state index contributed by atoms with van der Waals surface area (Å²) in [6, 6.07) is 3.07. The van der Waals surface area contributed by atoms with Crippen LogP contribution in [-0.2, 0) is 10.0 Å². The summed E-state index contributed by atoms with van der Waals surface area (Å²) in [4.78, 5) is 0.175. The summed E-state index contributed by atoms with van der Waals surface area (Å²) in [5.74, 6) is 0.868. The van der Waals surface area contributed by atoms with Crippen LogP contribution in [0.5, 0.6) is 11.5 Å². The molecule has 0 fully saturated rings. The molecule has 1 aromatic rings. The van der Waals surface area contributed by atoms with Crippen LogP contribution in [0.25, 0.3) is 0 Å². The highest BCUT2D eigenvalue weighted by Gasteiger charge is 2.25. The second kappa shape index (κ2) is 7.28. The normalized spacial score (nSPS) is 11.7. The number of methoxy groups -OCH3 is 2. The van der Waals surface area contributed by atoms with E-state index in [2.05, 4.69) is 15.9 Å².